The van der Waals surface area contributed by atoms with Gasteiger partial charge in [0.2, 0.25) is 5.91 Å². The summed E-state index contributed by atoms with van der Waals surface area (Å²) in [5.74, 6) is -0.182. The van der Waals surface area contributed by atoms with Crippen molar-refractivity contribution in [2.24, 2.45) is 0 Å². The Morgan fingerprint density at radius 2 is 1.90 bits per heavy atom. The molecule has 0 saturated carbocycles. The van der Waals surface area contributed by atoms with Crippen molar-refractivity contribution in [3.8, 4) is 0 Å². The van der Waals surface area contributed by atoms with Crippen molar-refractivity contribution in [3.05, 3.63) is 35.4 Å². The number of benzene rings is 1. The van der Waals surface area contributed by atoms with E-state index in [1.165, 1.54) is 12.1 Å². The normalized spacial score (nSPS) is 11.7. The molecule has 0 saturated heterocycles. The number of amides is 1. The Labute approximate surface area is 116 Å². The van der Waals surface area contributed by atoms with Crippen molar-refractivity contribution in [2.75, 3.05) is 19.6 Å². The maximum atomic E-state index is 12.9. The van der Waals surface area contributed by atoms with Crippen LogP contribution in [0, 0.1) is 0 Å². The van der Waals surface area contributed by atoms with Gasteiger partial charge in [0.05, 0.1) is 12.1 Å². The molecule has 1 amide bonds. The lowest BCUT2D eigenvalue weighted by Gasteiger charge is -2.22. The second-order valence-corrected chi connectivity index (χ2v) is 4.41. The number of nitrogens with zero attached hydrogens (tertiary/aromatic N) is 1. The number of alkyl halides is 3. The van der Waals surface area contributed by atoms with E-state index in [2.05, 4.69) is 5.32 Å². The molecule has 0 aliphatic heterocycles. The molecule has 0 aliphatic rings. The summed E-state index contributed by atoms with van der Waals surface area (Å²) >= 11 is 0. The summed E-state index contributed by atoms with van der Waals surface area (Å²) in [4.78, 5) is 13.2. The monoisotopic (exact) mass is 288 g/mol. The number of carbonyl (C=O) groups excluding carboxylic acids is 1. The van der Waals surface area contributed by atoms with E-state index in [1.54, 1.807) is 17.9 Å². The van der Waals surface area contributed by atoms with Crippen LogP contribution in [-0.4, -0.2) is 30.4 Å². The number of nitrogens with one attached hydrogen (secondary N) is 1. The molecule has 1 N–H and O–H groups in total. The Morgan fingerprint density at radius 1 is 1.25 bits per heavy atom. The predicted octanol–water partition coefficient (Wildman–Crippen LogP) is 2.66. The van der Waals surface area contributed by atoms with Crippen molar-refractivity contribution in [2.45, 2.75) is 26.6 Å². The van der Waals surface area contributed by atoms with Gasteiger partial charge in [-0.25, -0.2) is 0 Å². The van der Waals surface area contributed by atoms with Crippen LogP contribution in [0.1, 0.15) is 25.0 Å². The average molecular weight is 288 g/mol. The summed E-state index contributed by atoms with van der Waals surface area (Å²) in [7, 11) is 0. The lowest BCUT2D eigenvalue weighted by atomic mass is 10.1. The van der Waals surface area contributed by atoms with Crippen molar-refractivity contribution in [3.63, 3.8) is 0 Å². The highest BCUT2D eigenvalue weighted by Crippen LogP contribution is 2.32. The highest BCUT2D eigenvalue weighted by atomic mass is 19.4. The molecule has 0 fully saturated rings. The van der Waals surface area contributed by atoms with Crippen LogP contribution in [0.5, 0.6) is 0 Å². The molecule has 1 aromatic carbocycles. The van der Waals surface area contributed by atoms with Crippen molar-refractivity contribution in [1.82, 2.24) is 10.2 Å². The standard InChI is InChI=1S/C14H19F3N2O/c1-3-18-13(20)10-19(4-2)9-11-7-5-6-8-12(11)14(15,16)17/h5-8H,3-4,9-10H2,1-2H3,(H,18,20). The number of likely N-dealkylation sites (N-methyl/N-ethyl adjacent to an activating group) is 2. The predicted molar refractivity (Wildman–Crippen MR) is 71.1 cm³/mol. The molecule has 0 spiro atoms. The van der Waals surface area contributed by atoms with Crippen LogP contribution in [0.2, 0.25) is 0 Å². The Hall–Kier alpha value is -1.56. The number of hydrogen-bond donors (Lipinski definition) is 1. The molecule has 1 aromatic rings. The summed E-state index contributed by atoms with van der Waals surface area (Å²) in [5.41, 5.74) is -0.458. The van der Waals surface area contributed by atoms with Crippen molar-refractivity contribution < 1.29 is 18.0 Å². The third kappa shape index (κ3) is 4.85. The molecule has 0 aromatic heterocycles. The van der Waals surface area contributed by atoms with Crippen LogP contribution in [0.4, 0.5) is 13.2 Å². The van der Waals surface area contributed by atoms with E-state index in [9.17, 15) is 18.0 Å². The van der Waals surface area contributed by atoms with E-state index >= 15 is 0 Å². The maximum absolute atomic E-state index is 12.9. The van der Waals surface area contributed by atoms with Gasteiger partial charge >= 0.3 is 6.18 Å². The molecule has 112 valence electrons. The van der Waals surface area contributed by atoms with E-state index in [4.69, 9.17) is 0 Å². The molecule has 0 heterocycles. The molecule has 6 heteroatoms. The molecule has 0 aliphatic carbocycles. The van der Waals surface area contributed by atoms with Gasteiger partial charge in [0.15, 0.2) is 0 Å². The average Bonchev–Trinajstić information content (AvgIpc) is 2.37. The van der Waals surface area contributed by atoms with Gasteiger partial charge in [-0.1, -0.05) is 25.1 Å². The fraction of sp³-hybridized carbons (Fsp3) is 0.500. The van der Waals surface area contributed by atoms with Crippen molar-refractivity contribution >= 4 is 5.91 Å². The van der Waals surface area contributed by atoms with E-state index in [1.807, 2.05) is 6.92 Å². The van der Waals surface area contributed by atoms with Crippen LogP contribution in [0.15, 0.2) is 24.3 Å². The van der Waals surface area contributed by atoms with Crippen LogP contribution < -0.4 is 5.32 Å². The van der Waals surface area contributed by atoms with Gasteiger partial charge in [0.1, 0.15) is 0 Å². The highest BCUT2D eigenvalue weighted by molar-refractivity contribution is 5.77. The first-order valence-corrected chi connectivity index (χ1v) is 6.52. The summed E-state index contributed by atoms with van der Waals surface area (Å²) in [6.45, 7) is 4.82. The molecule has 0 unspecified atom stereocenters. The Morgan fingerprint density at radius 3 is 2.45 bits per heavy atom. The lowest BCUT2D eigenvalue weighted by molar-refractivity contribution is -0.138. The Bertz CT molecular complexity index is 446. The van der Waals surface area contributed by atoms with Gasteiger partial charge in [-0.05, 0) is 25.1 Å². The zero-order valence-electron chi connectivity index (χ0n) is 11.6. The minimum absolute atomic E-state index is 0.0938. The molecule has 0 bridgehead atoms. The first-order chi connectivity index (χ1) is 9.38. The molecule has 0 atom stereocenters. The summed E-state index contributed by atoms with van der Waals surface area (Å²) in [5, 5.41) is 2.64. The van der Waals surface area contributed by atoms with Crippen LogP contribution >= 0.6 is 0 Å². The van der Waals surface area contributed by atoms with E-state index in [-0.39, 0.29) is 24.6 Å². The molecular formula is C14H19F3N2O. The highest BCUT2D eigenvalue weighted by Gasteiger charge is 2.33. The second-order valence-electron chi connectivity index (χ2n) is 4.41. The van der Waals surface area contributed by atoms with Gasteiger partial charge in [-0.3, -0.25) is 9.69 Å². The van der Waals surface area contributed by atoms with E-state index in [0.717, 1.165) is 6.07 Å². The number of halogens is 3. The second kappa shape index (κ2) is 7.28. The molecular weight excluding hydrogens is 269 g/mol. The number of rotatable bonds is 6. The zero-order valence-corrected chi connectivity index (χ0v) is 11.6. The first kappa shape index (κ1) is 16.5. The Kier molecular flexibility index (Phi) is 6.01. The third-order valence-electron chi connectivity index (χ3n) is 2.91. The summed E-state index contributed by atoms with van der Waals surface area (Å²) < 4.78 is 38.7. The van der Waals surface area contributed by atoms with Gasteiger partial charge in [0, 0.05) is 13.1 Å². The van der Waals surface area contributed by atoms with Gasteiger partial charge in [0.25, 0.3) is 0 Å². The topological polar surface area (TPSA) is 32.3 Å². The number of carbonyl (C=O) groups is 1. The Balaban J connectivity index is 2.83. The molecule has 20 heavy (non-hydrogen) atoms. The maximum Gasteiger partial charge on any atom is 0.416 e. The molecule has 1 rings (SSSR count). The minimum atomic E-state index is -4.37. The van der Waals surface area contributed by atoms with Crippen LogP contribution in [-0.2, 0) is 17.5 Å². The van der Waals surface area contributed by atoms with Crippen LogP contribution in [0.3, 0.4) is 0 Å². The first-order valence-electron chi connectivity index (χ1n) is 6.52. The minimum Gasteiger partial charge on any atom is -0.355 e. The quantitative estimate of drug-likeness (QED) is 0.873. The van der Waals surface area contributed by atoms with E-state index in [0.29, 0.717) is 13.1 Å². The number of hydrogen-bond acceptors (Lipinski definition) is 2. The zero-order chi connectivity index (χ0) is 15.2. The van der Waals surface area contributed by atoms with Gasteiger partial charge < -0.3 is 5.32 Å². The SMILES string of the molecule is CCNC(=O)CN(CC)Cc1ccccc1C(F)(F)F. The summed E-state index contributed by atoms with van der Waals surface area (Å²) in [6.07, 6.45) is -4.37. The molecule has 3 nitrogen and oxygen atoms in total. The fourth-order valence-electron chi connectivity index (χ4n) is 1.91. The van der Waals surface area contributed by atoms with E-state index < -0.39 is 11.7 Å². The smallest absolute Gasteiger partial charge is 0.355 e. The van der Waals surface area contributed by atoms with Crippen LogP contribution in [0.25, 0.3) is 0 Å². The van der Waals surface area contributed by atoms with Gasteiger partial charge in [-0.2, -0.15) is 13.2 Å². The summed E-state index contributed by atoms with van der Waals surface area (Å²) in [6, 6.07) is 5.45. The largest absolute Gasteiger partial charge is 0.416 e. The fourth-order valence-corrected chi connectivity index (χ4v) is 1.91. The molecule has 0 radical (unpaired) electrons. The van der Waals surface area contributed by atoms with Gasteiger partial charge in [-0.15, -0.1) is 0 Å². The lowest BCUT2D eigenvalue weighted by Crippen LogP contribution is -2.37. The van der Waals surface area contributed by atoms with Crippen molar-refractivity contribution in [1.29, 1.82) is 0 Å². The third-order valence-corrected chi connectivity index (χ3v) is 2.91.